The summed E-state index contributed by atoms with van der Waals surface area (Å²) in [5, 5.41) is 2.76. The van der Waals surface area contributed by atoms with E-state index in [1.807, 2.05) is 37.3 Å². The molecule has 0 aromatic heterocycles. The first kappa shape index (κ1) is 19.1. The molecule has 2 rings (SSSR count). The number of sulfonamides is 1. The Morgan fingerprint density at radius 3 is 2.28 bits per heavy atom. The van der Waals surface area contributed by atoms with Gasteiger partial charge >= 0.3 is 0 Å². The Hall–Kier alpha value is -2.18. The zero-order valence-corrected chi connectivity index (χ0v) is 15.2. The summed E-state index contributed by atoms with van der Waals surface area (Å²) < 4.78 is 27.2. The minimum atomic E-state index is -3.56. The van der Waals surface area contributed by atoms with Crippen LogP contribution >= 0.6 is 0 Å². The summed E-state index contributed by atoms with van der Waals surface area (Å²) in [5.41, 5.74) is 1.64. The lowest BCUT2D eigenvalue weighted by atomic mass is 10.1. The molecular formula is C19H24N2O3S. The van der Waals surface area contributed by atoms with Crippen molar-refractivity contribution in [2.24, 2.45) is 0 Å². The highest BCUT2D eigenvalue weighted by molar-refractivity contribution is 7.89. The lowest BCUT2D eigenvalue weighted by molar-refractivity contribution is 0.0953. The van der Waals surface area contributed by atoms with E-state index in [0.29, 0.717) is 18.7 Å². The van der Waals surface area contributed by atoms with Crippen molar-refractivity contribution in [1.82, 2.24) is 10.0 Å². The number of nitrogens with one attached hydrogen (secondary N) is 2. The number of carbonyl (C=O) groups is 1. The molecule has 5 nitrogen and oxygen atoms in total. The first-order chi connectivity index (χ1) is 12.0. The number of hydrogen-bond acceptors (Lipinski definition) is 3. The summed E-state index contributed by atoms with van der Waals surface area (Å²) >= 11 is 0. The van der Waals surface area contributed by atoms with Crippen molar-refractivity contribution in [3.05, 3.63) is 65.7 Å². The third-order valence-electron chi connectivity index (χ3n) is 3.74. The number of aryl methyl sites for hydroxylation is 1. The van der Waals surface area contributed by atoms with Gasteiger partial charge in [-0.1, -0.05) is 37.3 Å². The molecule has 0 bridgehead atoms. The van der Waals surface area contributed by atoms with Crippen molar-refractivity contribution in [2.45, 2.75) is 31.1 Å². The monoisotopic (exact) mass is 360 g/mol. The van der Waals surface area contributed by atoms with Crippen molar-refractivity contribution in [3.63, 3.8) is 0 Å². The van der Waals surface area contributed by atoms with Crippen LogP contribution in [0.3, 0.4) is 0 Å². The molecule has 0 saturated carbocycles. The first-order valence-corrected chi connectivity index (χ1v) is 9.93. The molecule has 6 heteroatoms. The van der Waals surface area contributed by atoms with Gasteiger partial charge in [0.2, 0.25) is 10.0 Å². The second-order valence-electron chi connectivity index (χ2n) is 5.77. The van der Waals surface area contributed by atoms with Gasteiger partial charge in [-0.05, 0) is 49.1 Å². The van der Waals surface area contributed by atoms with Gasteiger partial charge in [0.25, 0.3) is 5.91 Å². The molecule has 25 heavy (non-hydrogen) atoms. The summed E-state index contributed by atoms with van der Waals surface area (Å²) in [5.74, 6) is -0.193. The predicted molar refractivity (Wildman–Crippen MR) is 99.0 cm³/mol. The number of benzene rings is 2. The van der Waals surface area contributed by atoms with Gasteiger partial charge in [0.05, 0.1) is 4.90 Å². The first-order valence-electron chi connectivity index (χ1n) is 8.45. The molecule has 0 aliphatic carbocycles. The van der Waals surface area contributed by atoms with E-state index >= 15 is 0 Å². The molecule has 0 atom stereocenters. The van der Waals surface area contributed by atoms with Gasteiger partial charge in [-0.15, -0.1) is 0 Å². The molecule has 0 fully saturated rings. The molecule has 0 aliphatic heterocycles. The summed E-state index contributed by atoms with van der Waals surface area (Å²) in [6, 6.07) is 15.9. The van der Waals surface area contributed by atoms with Crippen LogP contribution < -0.4 is 10.0 Å². The summed E-state index contributed by atoms with van der Waals surface area (Å²) in [6.07, 6.45) is 2.39. The molecule has 0 aliphatic rings. The minimum Gasteiger partial charge on any atom is -0.352 e. The van der Waals surface area contributed by atoms with E-state index in [4.69, 9.17) is 0 Å². The smallest absolute Gasteiger partial charge is 0.251 e. The highest BCUT2D eigenvalue weighted by atomic mass is 32.2. The summed E-state index contributed by atoms with van der Waals surface area (Å²) in [6.45, 7) is 2.94. The van der Waals surface area contributed by atoms with Crippen LogP contribution in [0.25, 0.3) is 0 Å². The fourth-order valence-electron chi connectivity index (χ4n) is 2.35. The van der Waals surface area contributed by atoms with Crippen molar-refractivity contribution in [3.8, 4) is 0 Å². The largest absolute Gasteiger partial charge is 0.352 e. The van der Waals surface area contributed by atoms with Gasteiger partial charge in [-0.3, -0.25) is 4.79 Å². The van der Waals surface area contributed by atoms with E-state index in [9.17, 15) is 13.2 Å². The van der Waals surface area contributed by atoms with Gasteiger partial charge in [0.1, 0.15) is 0 Å². The number of hydrogen-bond donors (Lipinski definition) is 2. The molecule has 2 aromatic rings. The molecule has 0 heterocycles. The Bertz CT molecular complexity index is 772. The molecule has 0 spiro atoms. The van der Waals surface area contributed by atoms with Crippen molar-refractivity contribution >= 4 is 15.9 Å². The van der Waals surface area contributed by atoms with Crippen LogP contribution in [0.15, 0.2) is 59.5 Å². The van der Waals surface area contributed by atoms with Crippen LogP contribution in [0.5, 0.6) is 0 Å². The number of rotatable bonds is 9. The second-order valence-corrected chi connectivity index (χ2v) is 7.53. The molecule has 0 unspecified atom stereocenters. The molecule has 2 N–H and O–H groups in total. The van der Waals surface area contributed by atoms with Gasteiger partial charge in [-0.2, -0.15) is 0 Å². The molecule has 0 saturated heterocycles. The van der Waals surface area contributed by atoms with Crippen LogP contribution in [-0.2, 0) is 16.4 Å². The molecule has 1 amide bonds. The molecule has 134 valence electrons. The van der Waals surface area contributed by atoms with Crippen LogP contribution in [-0.4, -0.2) is 27.4 Å². The van der Waals surface area contributed by atoms with Crippen molar-refractivity contribution < 1.29 is 13.2 Å². The van der Waals surface area contributed by atoms with Crippen LogP contribution in [0.4, 0.5) is 0 Å². The van der Waals surface area contributed by atoms with E-state index in [1.54, 1.807) is 0 Å². The Kier molecular flexibility index (Phi) is 7.16. The Balaban J connectivity index is 1.87. The lowest BCUT2D eigenvalue weighted by Crippen LogP contribution is -2.26. The average molecular weight is 360 g/mol. The Labute approximate surface area is 149 Å². The maximum absolute atomic E-state index is 12.3. The molecule has 0 radical (unpaired) electrons. The van der Waals surface area contributed by atoms with Crippen molar-refractivity contribution in [1.29, 1.82) is 0 Å². The van der Waals surface area contributed by atoms with E-state index in [-0.39, 0.29) is 10.8 Å². The highest BCUT2D eigenvalue weighted by Crippen LogP contribution is 2.11. The summed E-state index contributed by atoms with van der Waals surface area (Å²) in [4.78, 5) is 12.0. The fourth-order valence-corrected chi connectivity index (χ4v) is 3.43. The van der Waals surface area contributed by atoms with E-state index in [1.165, 1.54) is 29.8 Å². The zero-order valence-electron chi connectivity index (χ0n) is 14.4. The topological polar surface area (TPSA) is 75.3 Å². The standard InChI is InChI=1S/C19H24N2O3S/c1-2-14-20-19(22)17-10-12-18(13-11-17)25(23,24)21-15-6-9-16-7-4-3-5-8-16/h3-5,7-8,10-13,21H,2,6,9,14-15H2,1H3,(H,20,22). The lowest BCUT2D eigenvalue weighted by Gasteiger charge is -2.08. The van der Waals surface area contributed by atoms with Crippen LogP contribution in [0.2, 0.25) is 0 Å². The second kappa shape index (κ2) is 9.34. The minimum absolute atomic E-state index is 0.166. The normalized spacial score (nSPS) is 11.2. The maximum atomic E-state index is 12.3. The fraction of sp³-hybridized carbons (Fsp3) is 0.316. The Morgan fingerprint density at radius 1 is 0.960 bits per heavy atom. The average Bonchev–Trinajstić information content (AvgIpc) is 2.64. The van der Waals surface area contributed by atoms with E-state index in [2.05, 4.69) is 10.0 Å². The highest BCUT2D eigenvalue weighted by Gasteiger charge is 2.14. The molecule has 2 aromatic carbocycles. The SMILES string of the molecule is CCCNC(=O)c1ccc(S(=O)(=O)NCCCc2ccccc2)cc1. The number of amides is 1. The van der Waals surface area contributed by atoms with Gasteiger partial charge < -0.3 is 5.32 Å². The van der Waals surface area contributed by atoms with Crippen LogP contribution in [0.1, 0.15) is 35.7 Å². The molecular weight excluding hydrogens is 336 g/mol. The Morgan fingerprint density at radius 2 is 1.64 bits per heavy atom. The van der Waals surface area contributed by atoms with Crippen molar-refractivity contribution in [2.75, 3.05) is 13.1 Å². The third kappa shape index (κ3) is 5.99. The van der Waals surface area contributed by atoms with E-state index in [0.717, 1.165) is 19.3 Å². The maximum Gasteiger partial charge on any atom is 0.251 e. The zero-order chi connectivity index (χ0) is 18.1. The van der Waals surface area contributed by atoms with Crippen LogP contribution in [0, 0.1) is 0 Å². The third-order valence-corrected chi connectivity index (χ3v) is 5.22. The van der Waals surface area contributed by atoms with E-state index < -0.39 is 10.0 Å². The predicted octanol–water partition coefficient (Wildman–Crippen LogP) is 2.74. The van der Waals surface area contributed by atoms with Gasteiger partial charge in [0, 0.05) is 18.7 Å². The summed E-state index contributed by atoms with van der Waals surface area (Å²) in [7, 11) is -3.56. The van der Waals surface area contributed by atoms with Gasteiger partial charge in [0.15, 0.2) is 0 Å². The van der Waals surface area contributed by atoms with Gasteiger partial charge in [-0.25, -0.2) is 13.1 Å². The quantitative estimate of drug-likeness (QED) is 0.675. The number of carbonyl (C=O) groups excluding carboxylic acids is 1.